The van der Waals surface area contributed by atoms with Crippen LogP contribution in [0.15, 0.2) is 36.0 Å². The summed E-state index contributed by atoms with van der Waals surface area (Å²) in [6, 6.07) is 5.91. The number of piperidine rings is 1. The van der Waals surface area contributed by atoms with Crippen LogP contribution in [0.4, 0.5) is 0 Å². The Morgan fingerprint density at radius 1 is 1.38 bits per heavy atom. The fourth-order valence-corrected chi connectivity index (χ4v) is 4.63. The number of carbonyl (C=O) groups is 1. The van der Waals surface area contributed by atoms with Crippen molar-refractivity contribution < 1.29 is 4.79 Å². The fraction of sp³-hybridized carbons (Fsp3) is 0.429. The second-order valence-electron chi connectivity index (χ2n) is 7.73. The molecule has 0 N–H and O–H groups in total. The quantitative estimate of drug-likeness (QED) is 0.647. The van der Waals surface area contributed by atoms with Gasteiger partial charge in [0.25, 0.3) is 11.9 Å². The highest BCUT2D eigenvalue weighted by Gasteiger charge is 2.24. The van der Waals surface area contributed by atoms with Gasteiger partial charge in [-0.1, -0.05) is 6.07 Å². The van der Waals surface area contributed by atoms with E-state index in [4.69, 9.17) is 0 Å². The maximum Gasteiger partial charge on any atom is 0.257 e. The third kappa shape index (κ3) is 4.23. The average molecular weight is 411 g/mol. The second kappa shape index (κ2) is 8.42. The molecule has 4 heterocycles. The molecule has 3 aromatic rings. The average Bonchev–Trinajstić information content (AvgIpc) is 3.37. The van der Waals surface area contributed by atoms with Crippen LogP contribution in [-0.2, 0) is 0 Å². The molecule has 1 amide bonds. The summed E-state index contributed by atoms with van der Waals surface area (Å²) in [5.74, 6) is 0.990. The molecule has 4 rings (SSSR count). The molecule has 152 valence electrons. The van der Waals surface area contributed by atoms with Crippen LogP contribution in [0.3, 0.4) is 0 Å². The molecule has 0 bridgehead atoms. The predicted molar refractivity (Wildman–Crippen MR) is 114 cm³/mol. The number of carbonyl (C=O) groups excluding carboxylic acids is 1. The van der Waals surface area contributed by atoms with E-state index >= 15 is 0 Å². The first-order valence-corrected chi connectivity index (χ1v) is 10.8. The largest absolute Gasteiger partial charge is 0.341 e. The molecule has 8 heteroatoms. The molecule has 1 aliphatic heterocycles. The van der Waals surface area contributed by atoms with Crippen molar-refractivity contribution in [3.63, 3.8) is 0 Å². The number of likely N-dealkylation sites (tertiary alicyclic amines) is 1. The van der Waals surface area contributed by atoms with E-state index < -0.39 is 0 Å². The fourth-order valence-electron chi connectivity index (χ4n) is 3.93. The molecule has 0 saturated carbocycles. The van der Waals surface area contributed by atoms with E-state index in [1.807, 2.05) is 42.5 Å². The van der Waals surface area contributed by atoms with Gasteiger partial charge in [-0.2, -0.15) is 5.10 Å². The van der Waals surface area contributed by atoms with Crippen LogP contribution in [0.5, 0.6) is 0 Å². The van der Waals surface area contributed by atoms with Crippen molar-refractivity contribution in [3.8, 4) is 16.5 Å². The number of aromatic nitrogens is 4. The van der Waals surface area contributed by atoms with Crippen molar-refractivity contribution in [1.82, 2.24) is 29.5 Å². The molecule has 1 saturated heterocycles. The lowest BCUT2D eigenvalue weighted by atomic mass is 9.98. The van der Waals surface area contributed by atoms with Crippen LogP contribution in [0.2, 0.25) is 0 Å². The standard InChI is InChI=1S/C21H26N6OS/c1-15-17(20(28)26(3)14-16-6-4-10-25(2)13-16)12-23-27(15)21-22-9-8-18(24-21)19-7-5-11-29-19/h5,7-9,11-12,16H,4,6,10,13-14H2,1-3H3. The molecule has 1 aliphatic rings. The molecule has 29 heavy (non-hydrogen) atoms. The van der Waals surface area contributed by atoms with E-state index in [9.17, 15) is 4.79 Å². The van der Waals surface area contributed by atoms with Crippen LogP contribution in [0, 0.1) is 12.8 Å². The molecule has 1 fully saturated rings. The molecule has 0 aromatic carbocycles. The maximum absolute atomic E-state index is 13.0. The van der Waals surface area contributed by atoms with Crippen molar-refractivity contribution in [1.29, 1.82) is 0 Å². The Labute approximate surface area is 175 Å². The van der Waals surface area contributed by atoms with Gasteiger partial charge in [-0.25, -0.2) is 14.6 Å². The van der Waals surface area contributed by atoms with Gasteiger partial charge in [-0.3, -0.25) is 4.79 Å². The summed E-state index contributed by atoms with van der Waals surface area (Å²) in [5, 5.41) is 6.43. The Balaban J connectivity index is 1.52. The lowest BCUT2D eigenvalue weighted by Gasteiger charge is -2.32. The Morgan fingerprint density at radius 2 is 2.24 bits per heavy atom. The highest BCUT2D eigenvalue weighted by atomic mass is 32.1. The van der Waals surface area contributed by atoms with Crippen LogP contribution in [-0.4, -0.2) is 69.2 Å². The summed E-state index contributed by atoms with van der Waals surface area (Å²) < 4.78 is 1.65. The monoisotopic (exact) mass is 410 g/mol. The summed E-state index contributed by atoms with van der Waals surface area (Å²) >= 11 is 1.63. The van der Waals surface area contributed by atoms with Gasteiger partial charge in [0.2, 0.25) is 0 Å². The maximum atomic E-state index is 13.0. The van der Waals surface area contributed by atoms with Crippen LogP contribution in [0.25, 0.3) is 16.5 Å². The van der Waals surface area contributed by atoms with Crippen molar-refractivity contribution in [2.24, 2.45) is 5.92 Å². The minimum atomic E-state index is -0.00334. The predicted octanol–water partition coefficient (Wildman–Crippen LogP) is 3.11. The molecular weight excluding hydrogens is 384 g/mol. The Morgan fingerprint density at radius 3 is 3.00 bits per heavy atom. The van der Waals surface area contributed by atoms with Crippen LogP contribution >= 0.6 is 11.3 Å². The highest BCUT2D eigenvalue weighted by Crippen LogP contribution is 2.23. The summed E-state index contributed by atoms with van der Waals surface area (Å²) in [4.78, 5) is 27.3. The van der Waals surface area contributed by atoms with Gasteiger partial charge in [0.15, 0.2) is 0 Å². The van der Waals surface area contributed by atoms with Crippen molar-refractivity contribution in [3.05, 3.63) is 47.2 Å². The van der Waals surface area contributed by atoms with Crippen molar-refractivity contribution in [2.45, 2.75) is 19.8 Å². The van der Waals surface area contributed by atoms with Gasteiger partial charge in [-0.05, 0) is 56.8 Å². The van der Waals surface area contributed by atoms with Gasteiger partial charge >= 0.3 is 0 Å². The second-order valence-corrected chi connectivity index (χ2v) is 8.68. The Hall–Kier alpha value is -2.58. The minimum absolute atomic E-state index is 0.00334. The van der Waals surface area contributed by atoms with E-state index in [1.54, 1.807) is 28.4 Å². The first kappa shape index (κ1) is 19.7. The first-order chi connectivity index (χ1) is 14.0. The Kier molecular flexibility index (Phi) is 5.73. The number of amides is 1. The van der Waals surface area contributed by atoms with Gasteiger partial charge in [0.1, 0.15) is 0 Å². The van der Waals surface area contributed by atoms with Crippen molar-refractivity contribution in [2.75, 3.05) is 33.7 Å². The number of hydrogen-bond acceptors (Lipinski definition) is 6. The summed E-state index contributed by atoms with van der Waals surface area (Å²) in [6.07, 6.45) is 5.72. The SMILES string of the molecule is Cc1c(C(=O)N(C)CC2CCCN(C)C2)cnn1-c1nccc(-c2cccs2)n1. The molecule has 1 atom stereocenters. The molecule has 3 aromatic heterocycles. The van der Waals surface area contributed by atoms with E-state index in [2.05, 4.69) is 27.0 Å². The number of hydrogen-bond donors (Lipinski definition) is 0. The van der Waals surface area contributed by atoms with Gasteiger partial charge < -0.3 is 9.80 Å². The smallest absolute Gasteiger partial charge is 0.257 e. The van der Waals surface area contributed by atoms with E-state index in [-0.39, 0.29) is 5.91 Å². The number of nitrogens with zero attached hydrogens (tertiary/aromatic N) is 6. The zero-order chi connectivity index (χ0) is 20.4. The zero-order valence-electron chi connectivity index (χ0n) is 17.1. The molecule has 1 unspecified atom stereocenters. The van der Waals surface area contributed by atoms with Crippen molar-refractivity contribution >= 4 is 17.2 Å². The van der Waals surface area contributed by atoms with E-state index in [0.29, 0.717) is 17.4 Å². The lowest BCUT2D eigenvalue weighted by molar-refractivity contribution is 0.0740. The molecular formula is C21H26N6OS. The van der Waals surface area contributed by atoms with Crippen LogP contribution in [0.1, 0.15) is 28.9 Å². The van der Waals surface area contributed by atoms with Crippen LogP contribution < -0.4 is 0 Å². The number of rotatable bonds is 5. The minimum Gasteiger partial charge on any atom is -0.341 e. The Bertz CT molecular complexity index is 983. The van der Waals surface area contributed by atoms with Gasteiger partial charge in [0, 0.05) is 26.3 Å². The van der Waals surface area contributed by atoms with Gasteiger partial charge in [-0.15, -0.1) is 11.3 Å². The molecule has 0 radical (unpaired) electrons. The topological polar surface area (TPSA) is 67.2 Å². The highest BCUT2D eigenvalue weighted by molar-refractivity contribution is 7.13. The zero-order valence-corrected chi connectivity index (χ0v) is 17.9. The summed E-state index contributed by atoms with van der Waals surface area (Å²) in [6.45, 7) is 4.84. The molecule has 0 spiro atoms. The summed E-state index contributed by atoms with van der Waals surface area (Å²) in [5.41, 5.74) is 2.21. The molecule has 7 nitrogen and oxygen atoms in total. The first-order valence-electron chi connectivity index (χ1n) is 9.89. The third-order valence-electron chi connectivity index (χ3n) is 5.45. The van der Waals surface area contributed by atoms with E-state index in [1.165, 1.54) is 12.8 Å². The van der Waals surface area contributed by atoms with Gasteiger partial charge in [0.05, 0.1) is 28.0 Å². The normalized spacial score (nSPS) is 17.4. The summed E-state index contributed by atoms with van der Waals surface area (Å²) in [7, 11) is 4.02. The van der Waals surface area contributed by atoms with E-state index in [0.717, 1.165) is 35.9 Å². The third-order valence-corrected chi connectivity index (χ3v) is 6.34. The molecule has 0 aliphatic carbocycles. The lowest BCUT2D eigenvalue weighted by Crippen LogP contribution is -2.40. The number of thiophene rings is 1.